The van der Waals surface area contributed by atoms with Crippen molar-refractivity contribution in [2.24, 2.45) is 0 Å². The lowest BCUT2D eigenvalue weighted by Gasteiger charge is -2.15. The minimum absolute atomic E-state index is 0.0702. The first-order chi connectivity index (χ1) is 11.2. The molecule has 4 nitrogen and oxygen atoms in total. The van der Waals surface area contributed by atoms with Crippen LogP contribution in [-0.4, -0.2) is 21.3 Å². The van der Waals surface area contributed by atoms with Crippen LogP contribution in [0, 0.1) is 18.6 Å². The molecule has 0 bridgehead atoms. The molecule has 0 radical (unpaired) electrons. The van der Waals surface area contributed by atoms with E-state index in [9.17, 15) is 17.2 Å². The molecule has 1 heterocycles. The maximum Gasteiger partial charge on any atom is 0.264 e. The van der Waals surface area contributed by atoms with Crippen molar-refractivity contribution in [3.05, 3.63) is 70.8 Å². The van der Waals surface area contributed by atoms with Crippen LogP contribution in [0.2, 0.25) is 0 Å². The van der Waals surface area contributed by atoms with Crippen molar-refractivity contribution >= 4 is 10.1 Å². The van der Waals surface area contributed by atoms with E-state index in [2.05, 4.69) is 0 Å². The van der Waals surface area contributed by atoms with Crippen LogP contribution in [0.5, 0.6) is 0 Å². The maximum atomic E-state index is 14.3. The summed E-state index contributed by atoms with van der Waals surface area (Å²) in [4.78, 5) is 0. The summed E-state index contributed by atoms with van der Waals surface area (Å²) in [7, 11) is -3.74. The van der Waals surface area contributed by atoms with Crippen LogP contribution in [0.1, 0.15) is 22.8 Å². The third kappa shape index (κ3) is 3.19. The molecule has 3 rings (SSSR count). The average Bonchev–Trinajstić information content (AvgIpc) is 3.20. The van der Waals surface area contributed by atoms with Gasteiger partial charge in [0.1, 0.15) is 24.3 Å². The zero-order valence-electron chi connectivity index (χ0n) is 13.1. The molecule has 1 aliphatic rings. The zero-order chi connectivity index (χ0) is 17.5. The molecule has 2 aromatic rings. The van der Waals surface area contributed by atoms with Gasteiger partial charge in [-0.15, -0.1) is 0 Å². The minimum Gasteiger partial charge on any atom is -0.353 e. The molecule has 24 heavy (non-hydrogen) atoms. The summed E-state index contributed by atoms with van der Waals surface area (Å²) in [6.45, 7) is 1.49. The number of epoxide rings is 1. The molecule has 2 atom stereocenters. The molecule has 1 aliphatic heterocycles. The van der Waals surface area contributed by atoms with E-state index >= 15 is 0 Å². The summed E-state index contributed by atoms with van der Waals surface area (Å²) in [5, 5.41) is 0. The van der Waals surface area contributed by atoms with Gasteiger partial charge in [-0.2, -0.15) is 8.42 Å². The number of aryl methyl sites for hydroxylation is 1. The molecule has 2 aromatic carbocycles. The minimum atomic E-state index is -3.74. The molecule has 1 saturated heterocycles. The highest BCUT2D eigenvalue weighted by Gasteiger charge is 2.61. The molecule has 128 valence electrons. The molecule has 0 spiro atoms. The summed E-state index contributed by atoms with van der Waals surface area (Å²) in [6.07, 6.45) is 0.341. The Labute approximate surface area is 139 Å². The standard InChI is InChI=1S/C17H16F2O4S/c1-11-5-3-4-6-13(11)16-17(23-16,10-22-24(2,20)21)14-8-7-12(18)9-15(14)19/h3-9,16H,10H2,1-2H3/t16-,17+/m0/s1. The fourth-order valence-corrected chi connectivity index (χ4v) is 3.18. The normalized spacial score (nSPS) is 23.2. The molecule has 0 amide bonds. The Kier molecular flexibility index (Phi) is 4.19. The highest BCUT2D eigenvalue weighted by Crippen LogP contribution is 2.58. The second kappa shape index (κ2) is 5.91. The van der Waals surface area contributed by atoms with Gasteiger partial charge in [-0.05, 0) is 24.1 Å². The summed E-state index contributed by atoms with van der Waals surface area (Å²) >= 11 is 0. The van der Waals surface area contributed by atoms with E-state index in [1.165, 1.54) is 6.07 Å². The van der Waals surface area contributed by atoms with Gasteiger partial charge in [0.15, 0.2) is 5.60 Å². The molecule has 0 aliphatic carbocycles. The predicted molar refractivity (Wildman–Crippen MR) is 83.8 cm³/mol. The van der Waals surface area contributed by atoms with Crippen molar-refractivity contribution in [3.8, 4) is 0 Å². The van der Waals surface area contributed by atoms with Crippen molar-refractivity contribution in [2.75, 3.05) is 12.9 Å². The first-order valence-corrected chi connectivity index (χ1v) is 9.08. The number of hydrogen-bond acceptors (Lipinski definition) is 4. The highest BCUT2D eigenvalue weighted by atomic mass is 32.2. The van der Waals surface area contributed by atoms with Gasteiger partial charge in [-0.25, -0.2) is 8.78 Å². The van der Waals surface area contributed by atoms with Gasteiger partial charge < -0.3 is 4.74 Å². The molecule has 0 unspecified atom stereocenters. The van der Waals surface area contributed by atoms with E-state index in [4.69, 9.17) is 8.92 Å². The molecule has 0 N–H and O–H groups in total. The van der Waals surface area contributed by atoms with E-state index < -0.39 is 33.5 Å². The second-order valence-electron chi connectivity index (χ2n) is 5.83. The van der Waals surface area contributed by atoms with E-state index in [-0.39, 0.29) is 12.2 Å². The Balaban J connectivity index is 2.02. The fourth-order valence-electron chi connectivity index (χ4n) is 2.79. The number of rotatable bonds is 5. The molecule has 7 heteroatoms. The Morgan fingerprint density at radius 2 is 1.92 bits per heavy atom. The molecular weight excluding hydrogens is 338 g/mol. The van der Waals surface area contributed by atoms with Crippen LogP contribution in [0.3, 0.4) is 0 Å². The van der Waals surface area contributed by atoms with Crippen molar-refractivity contribution in [2.45, 2.75) is 18.6 Å². The van der Waals surface area contributed by atoms with Crippen LogP contribution < -0.4 is 0 Å². The van der Waals surface area contributed by atoms with Crippen LogP contribution in [0.15, 0.2) is 42.5 Å². The molecule has 0 saturated carbocycles. The van der Waals surface area contributed by atoms with Crippen LogP contribution in [-0.2, 0) is 24.6 Å². The number of benzene rings is 2. The summed E-state index contributed by atoms with van der Waals surface area (Å²) in [6, 6.07) is 10.5. The lowest BCUT2D eigenvalue weighted by Crippen LogP contribution is -2.22. The summed E-state index contributed by atoms with van der Waals surface area (Å²) < 4.78 is 60.8. The smallest absolute Gasteiger partial charge is 0.264 e. The third-order valence-electron chi connectivity index (χ3n) is 4.04. The van der Waals surface area contributed by atoms with Gasteiger partial charge in [0, 0.05) is 11.6 Å². The Hall–Kier alpha value is -1.83. The van der Waals surface area contributed by atoms with Gasteiger partial charge in [0.2, 0.25) is 0 Å². The van der Waals surface area contributed by atoms with Gasteiger partial charge in [0.05, 0.1) is 6.26 Å². The van der Waals surface area contributed by atoms with Crippen LogP contribution in [0.4, 0.5) is 8.78 Å². The van der Waals surface area contributed by atoms with Gasteiger partial charge in [0.25, 0.3) is 10.1 Å². The lowest BCUT2D eigenvalue weighted by molar-refractivity contribution is 0.190. The first kappa shape index (κ1) is 17.0. The lowest BCUT2D eigenvalue weighted by atomic mass is 9.90. The molecule has 1 fully saturated rings. The Morgan fingerprint density at radius 3 is 2.54 bits per heavy atom. The molecular formula is C17H16F2O4S. The van der Waals surface area contributed by atoms with Gasteiger partial charge >= 0.3 is 0 Å². The van der Waals surface area contributed by atoms with E-state index in [0.717, 1.165) is 29.5 Å². The Bertz CT molecular complexity index is 882. The summed E-state index contributed by atoms with van der Waals surface area (Å²) in [5.74, 6) is -1.52. The van der Waals surface area contributed by atoms with Crippen molar-refractivity contribution in [1.82, 2.24) is 0 Å². The quantitative estimate of drug-likeness (QED) is 0.611. The number of ether oxygens (including phenoxy) is 1. The first-order valence-electron chi connectivity index (χ1n) is 7.26. The second-order valence-corrected chi connectivity index (χ2v) is 7.48. The zero-order valence-corrected chi connectivity index (χ0v) is 13.9. The van der Waals surface area contributed by atoms with Crippen molar-refractivity contribution < 1.29 is 26.1 Å². The third-order valence-corrected chi connectivity index (χ3v) is 4.59. The monoisotopic (exact) mass is 354 g/mol. The van der Waals surface area contributed by atoms with Crippen LogP contribution >= 0.6 is 0 Å². The number of hydrogen-bond donors (Lipinski definition) is 0. The largest absolute Gasteiger partial charge is 0.353 e. The topological polar surface area (TPSA) is 55.9 Å². The highest BCUT2D eigenvalue weighted by molar-refractivity contribution is 7.85. The predicted octanol–water partition coefficient (Wildman–Crippen LogP) is 3.22. The van der Waals surface area contributed by atoms with Crippen molar-refractivity contribution in [3.63, 3.8) is 0 Å². The fraction of sp³-hybridized carbons (Fsp3) is 0.294. The van der Waals surface area contributed by atoms with Gasteiger partial charge in [-0.3, -0.25) is 4.18 Å². The van der Waals surface area contributed by atoms with Crippen LogP contribution in [0.25, 0.3) is 0 Å². The maximum absolute atomic E-state index is 14.3. The summed E-state index contributed by atoms with van der Waals surface area (Å²) in [5.41, 5.74) is 0.498. The number of halogens is 2. The van der Waals surface area contributed by atoms with E-state index in [1.807, 2.05) is 31.2 Å². The van der Waals surface area contributed by atoms with E-state index in [1.54, 1.807) is 0 Å². The van der Waals surface area contributed by atoms with E-state index in [0.29, 0.717) is 0 Å². The molecule has 0 aromatic heterocycles. The average molecular weight is 354 g/mol. The SMILES string of the molecule is Cc1ccccc1[C@@H]1O[C@]1(COS(C)(=O)=O)c1ccc(F)cc1F. The van der Waals surface area contributed by atoms with Crippen molar-refractivity contribution in [1.29, 1.82) is 0 Å². The van der Waals surface area contributed by atoms with Gasteiger partial charge in [-0.1, -0.05) is 30.3 Å². The Morgan fingerprint density at radius 1 is 1.21 bits per heavy atom.